The quantitative estimate of drug-likeness (QED) is 0.487. The molecule has 0 amide bonds. The molecule has 4 aromatic rings. The number of hydrogen-bond acceptors (Lipinski definition) is 3. The number of benzene rings is 1. The first-order valence-corrected chi connectivity index (χ1v) is 8.90. The van der Waals surface area contributed by atoms with Gasteiger partial charge in [0, 0.05) is 17.2 Å². The van der Waals surface area contributed by atoms with E-state index >= 15 is 0 Å². The number of aromatic nitrogens is 3. The van der Waals surface area contributed by atoms with Gasteiger partial charge in [-0.3, -0.25) is 4.98 Å². The SMILES string of the molecule is Cc1cccc(-c2nc(C(C)C)[nH]c2-c2ccc(F)c(-c3ccco3)c2)n1. The Morgan fingerprint density at radius 3 is 2.59 bits per heavy atom. The van der Waals surface area contributed by atoms with E-state index in [1.165, 1.54) is 12.3 Å². The normalized spacial score (nSPS) is 11.3. The number of H-pyrrole nitrogens is 1. The molecule has 1 aromatic carbocycles. The molecule has 1 N–H and O–H groups in total. The maximum absolute atomic E-state index is 14.4. The largest absolute Gasteiger partial charge is 0.464 e. The molecule has 27 heavy (non-hydrogen) atoms. The number of aromatic amines is 1. The molecule has 4 nitrogen and oxygen atoms in total. The van der Waals surface area contributed by atoms with Gasteiger partial charge in [0.15, 0.2) is 0 Å². The standard InChI is InChI=1S/C22H20FN3O/c1-13(2)22-25-20(21(26-22)18-7-4-6-14(3)24-18)15-9-10-17(23)16(12-15)19-8-5-11-27-19/h4-13H,1-3H3,(H,25,26). The summed E-state index contributed by atoms with van der Waals surface area (Å²) in [6.45, 7) is 6.11. The molecular weight excluding hydrogens is 341 g/mol. The van der Waals surface area contributed by atoms with Gasteiger partial charge < -0.3 is 9.40 Å². The number of imidazole rings is 1. The zero-order valence-electron chi connectivity index (χ0n) is 15.5. The number of aryl methyl sites for hydroxylation is 1. The van der Waals surface area contributed by atoms with E-state index in [0.29, 0.717) is 11.3 Å². The van der Waals surface area contributed by atoms with Crippen molar-refractivity contribution in [2.24, 2.45) is 0 Å². The van der Waals surface area contributed by atoms with Gasteiger partial charge in [-0.2, -0.15) is 0 Å². The smallest absolute Gasteiger partial charge is 0.136 e. The molecule has 0 unspecified atom stereocenters. The van der Waals surface area contributed by atoms with Gasteiger partial charge in [-0.15, -0.1) is 0 Å². The highest BCUT2D eigenvalue weighted by Crippen LogP contribution is 2.34. The van der Waals surface area contributed by atoms with Crippen LogP contribution in [0.3, 0.4) is 0 Å². The van der Waals surface area contributed by atoms with Crippen LogP contribution in [0.5, 0.6) is 0 Å². The molecule has 0 aliphatic rings. The molecule has 0 radical (unpaired) electrons. The number of pyridine rings is 1. The third-order valence-corrected chi connectivity index (χ3v) is 4.44. The molecule has 0 fully saturated rings. The Balaban J connectivity index is 1.90. The second-order valence-electron chi connectivity index (χ2n) is 6.84. The number of nitrogens with one attached hydrogen (secondary N) is 1. The number of hydrogen-bond donors (Lipinski definition) is 1. The number of rotatable bonds is 4. The monoisotopic (exact) mass is 361 g/mol. The van der Waals surface area contributed by atoms with Crippen LogP contribution in [0, 0.1) is 12.7 Å². The van der Waals surface area contributed by atoms with Gasteiger partial charge in [0.25, 0.3) is 0 Å². The molecule has 136 valence electrons. The summed E-state index contributed by atoms with van der Waals surface area (Å²) in [5, 5.41) is 0. The van der Waals surface area contributed by atoms with E-state index in [-0.39, 0.29) is 11.7 Å². The summed E-state index contributed by atoms with van der Waals surface area (Å²) in [5.74, 6) is 1.26. The summed E-state index contributed by atoms with van der Waals surface area (Å²) in [6, 6.07) is 14.3. The predicted octanol–water partition coefficient (Wildman–Crippen LogP) is 5.97. The van der Waals surface area contributed by atoms with E-state index in [1.807, 2.05) is 25.1 Å². The summed E-state index contributed by atoms with van der Waals surface area (Å²) < 4.78 is 19.7. The van der Waals surface area contributed by atoms with Crippen LogP contribution in [0.25, 0.3) is 34.0 Å². The van der Waals surface area contributed by atoms with Crippen molar-refractivity contribution in [3.05, 3.63) is 72.1 Å². The van der Waals surface area contributed by atoms with Crippen molar-refractivity contribution in [2.75, 3.05) is 0 Å². The topological polar surface area (TPSA) is 54.7 Å². The predicted molar refractivity (Wildman–Crippen MR) is 104 cm³/mol. The Kier molecular flexibility index (Phi) is 4.36. The van der Waals surface area contributed by atoms with Crippen molar-refractivity contribution < 1.29 is 8.81 Å². The molecule has 0 atom stereocenters. The molecule has 0 spiro atoms. The lowest BCUT2D eigenvalue weighted by atomic mass is 10.0. The molecule has 0 aliphatic carbocycles. The van der Waals surface area contributed by atoms with Crippen LogP contribution in [0.4, 0.5) is 4.39 Å². The van der Waals surface area contributed by atoms with E-state index in [1.54, 1.807) is 24.3 Å². The molecule has 0 saturated carbocycles. The molecule has 5 heteroatoms. The maximum Gasteiger partial charge on any atom is 0.136 e. The number of nitrogens with zero attached hydrogens (tertiary/aromatic N) is 2. The first-order valence-electron chi connectivity index (χ1n) is 8.90. The third-order valence-electron chi connectivity index (χ3n) is 4.44. The lowest BCUT2D eigenvalue weighted by Gasteiger charge is -2.06. The van der Waals surface area contributed by atoms with Gasteiger partial charge in [-0.25, -0.2) is 9.37 Å². The fraction of sp³-hybridized carbons (Fsp3) is 0.182. The molecule has 4 rings (SSSR count). The Morgan fingerprint density at radius 2 is 1.89 bits per heavy atom. The van der Waals surface area contributed by atoms with Gasteiger partial charge in [-0.05, 0) is 49.4 Å². The van der Waals surface area contributed by atoms with E-state index in [2.05, 4.69) is 23.8 Å². The Bertz CT molecular complexity index is 1080. The second kappa shape index (κ2) is 6.83. The molecule has 0 bridgehead atoms. The van der Waals surface area contributed by atoms with Crippen molar-refractivity contribution in [3.8, 4) is 34.0 Å². The molecule has 0 saturated heterocycles. The fourth-order valence-corrected chi connectivity index (χ4v) is 3.04. The second-order valence-corrected chi connectivity index (χ2v) is 6.84. The number of halogens is 1. The van der Waals surface area contributed by atoms with Crippen LogP contribution in [-0.4, -0.2) is 15.0 Å². The van der Waals surface area contributed by atoms with Crippen molar-refractivity contribution in [2.45, 2.75) is 26.7 Å². The Labute approximate surface area is 157 Å². The van der Waals surface area contributed by atoms with E-state index in [0.717, 1.165) is 34.2 Å². The molecule has 3 aromatic heterocycles. The van der Waals surface area contributed by atoms with E-state index in [4.69, 9.17) is 9.40 Å². The van der Waals surface area contributed by atoms with Gasteiger partial charge in [-0.1, -0.05) is 19.9 Å². The Hall–Kier alpha value is -3.21. The first-order chi connectivity index (χ1) is 13.0. The van der Waals surface area contributed by atoms with Crippen LogP contribution < -0.4 is 0 Å². The lowest BCUT2D eigenvalue weighted by Crippen LogP contribution is -1.91. The van der Waals surface area contributed by atoms with E-state index < -0.39 is 0 Å². The van der Waals surface area contributed by atoms with Crippen LogP contribution >= 0.6 is 0 Å². The summed E-state index contributed by atoms with van der Waals surface area (Å²) >= 11 is 0. The van der Waals surface area contributed by atoms with Gasteiger partial charge in [0.2, 0.25) is 0 Å². The van der Waals surface area contributed by atoms with Crippen molar-refractivity contribution in [1.29, 1.82) is 0 Å². The summed E-state index contributed by atoms with van der Waals surface area (Å²) in [6.07, 6.45) is 1.54. The molecule has 3 heterocycles. The van der Waals surface area contributed by atoms with Crippen LogP contribution in [0.15, 0.2) is 59.2 Å². The van der Waals surface area contributed by atoms with Crippen LogP contribution in [0.1, 0.15) is 31.3 Å². The zero-order valence-corrected chi connectivity index (χ0v) is 15.5. The van der Waals surface area contributed by atoms with Crippen molar-refractivity contribution in [1.82, 2.24) is 15.0 Å². The van der Waals surface area contributed by atoms with E-state index in [9.17, 15) is 4.39 Å². The van der Waals surface area contributed by atoms with Gasteiger partial charge >= 0.3 is 0 Å². The molecular formula is C22H20FN3O. The first kappa shape index (κ1) is 17.2. The number of furan rings is 1. The average Bonchev–Trinajstić information content (AvgIpc) is 3.32. The summed E-state index contributed by atoms with van der Waals surface area (Å²) in [7, 11) is 0. The van der Waals surface area contributed by atoms with Gasteiger partial charge in [0.05, 0.1) is 23.2 Å². The molecule has 0 aliphatic heterocycles. The Morgan fingerprint density at radius 1 is 1.04 bits per heavy atom. The van der Waals surface area contributed by atoms with Crippen LogP contribution in [-0.2, 0) is 0 Å². The minimum Gasteiger partial charge on any atom is -0.464 e. The van der Waals surface area contributed by atoms with Crippen molar-refractivity contribution in [3.63, 3.8) is 0 Å². The minimum atomic E-state index is -0.326. The lowest BCUT2D eigenvalue weighted by molar-refractivity contribution is 0.569. The average molecular weight is 361 g/mol. The van der Waals surface area contributed by atoms with Gasteiger partial charge in [0.1, 0.15) is 23.1 Å². The highest BCUT2D eigenvalue weighted by molar-refractivity contribution is 5.79. The summed E-state index contributed by atoms with van der Waals surface area (Å²) in [5.41, 5.74) is 4.55. The summed E-state index contributed by atoms with van der Waals surface area (Å²) in [4.78, 5) is 12.8. The fourth-order valence-electron chi connectivity index (χ4n) is 3.04. The van der Waals surface area contributed by atoms with Crippen molar-refractivity contribution >= 4 is 0 Å². The zero-order chi connectivity index (χ0) is 19.0. The maximum atomic E-state index is 14.4. The highest BCUT2D eigenvalue weighted by Gasteiger charge is 2.19. The minimum absolute atomic E-state index is 0.229. The highest BCUT2D eigenvalue weighted by atomic mass is 19.1. The van der Waals surface area contributed by atoms with Crippen LogP contribution in [0.2, 0.25) is 0 Å². The third kappa shape index (κ3) is 3.28.